The maximum Gasteiger partial charge on any atom is 0.327 e. The molecule has 0 heterocycles. The summed E-state index contributed by atoms with van der Waals surface area (Å²) in [4.78, 5) is 15.3. The maximum absolute atomic E-state index is 13.9. The molecule has 21 heavy (non-hydrogen) atoms. The number of halogens is 2. The SMILES string of the molecule is COC(=O)CN=C(c1ccc(F)cc1)c1ccccc1F. The first-order valence-electron chi connectivity index (χ1n) is 6.24. The Balaban J connectivity index is 2.46. The van der Waals surface area contributed by atoms with E-state index in [4.69, 9.17) is 0 Å². The molecule has 0 aliphatic carbocycles. The highest BCUT2D eigenvalue weighted by atomic mass is 19.1. The summed E-state index contributed by atoms with van der Waals surface area (Å²) in [5.41, 5.74) is 1.04. The van der Waals surface area contributed by atoms with Crippen LogP contribution in [0.1, 0.15) is 11.1 Å². The fraction of sp³-hybridized carbons (Fsp3) is 0.125. The van der Waals surface area contributed by atoms with E-state index in [1.54, 1.807) is 18.2 Å². The zero-order valence-corrected chi connectivity index (χ0v) is 11.3. The Hall–Kier alpha value is -2.56. The van der Waals surface area contributed by atoms with Crippen LogP contribution in [0.2, 0.25) is 0 Å². The number of ether oxygens (including phenoxy) is 1. The van der Waals surface area contributed by atoms with Crippen LogP contribution in [-0.4, -0.2) is 25.3 Å². The van der Waals surface area contributed by atoms with Gasteiger partial charge in [-0.05, 0) is 36.4 Å². The van der Waals surface area contributed by atoms with Crippen LogP contribution in [0.3, 0.4) is 0 Å². The van der Waals surface area contributed by atoms with Crippen LogP contribution in [0.5, 0.6) is 0 Å². The Bertz CT molecular complexity index is 666. The Morgan fingerprint density at radius 2 is 1.76 bits per heavy atom. The Labute approximate surface area is 120 Å². The van der Waals surface area contributed by atoms with E-state index in [1.165, 1.54) is 37.4 Å². The molecule has 0 aliphatic rings. The second kappa shape index (κ2) is 6.74. The smallest absolute Gasteiger partial charge is 0.327 e. The van der Waals surface area contributed by atoms with Gasteiger partial charge in [0.1, 0.15) is 18.2 Å². The third-order valence-electron chi connectivity index (χ3n) is 2.84. The molecular weight excluding hydrogens is 276 g/mol. The van der Waals surface area contributed by atoms with Gasteiger partial charge >= 0.3 is 5.97 Å². The summed E-state index contributed by atoms with van der Waals surface area (Å²) in [6, 6.07) is 11.5. The van der Waals surface area contributed by atoms with E-state index >= 15 is 0 Å². The van der Waals surface area contributed by atoms with E-state index in [0.29, 0.717) is 5.56 Å². The highest BCUT2D eigenvalue weighted by Crippen LogP contribution is 2.15. The van der Waals surface area contributed by atoms with Gasteiger partial charge in [-0.15, -0.1) is 0 Å². The normalized spacial score (nSPS) is 11.3. The van der Waals surface area contributed by atoms with Gasteiger partial charge in [-0.25, -0.2) is 8.78 Å². The van der Waals surface area contributed by atoms with Crippen LogP contribution in [0.15, 0.2) is 53.5 Å². The van der Waals surface area contributed by atoms with E-state index in [2.05, 4.69) is 9.73 Å². The number of benzene rings is 2. The van der Waals surface area contributed by atoms with Crippen molar-refractivity contribution in [1.29, 1.82) is 0 Å². The highest BCUT2D eigenvalue weighted by molar-refractivity contribution is 6.13. The Morgan fingerprint density at radius 1 is 1.10 bits per heavy atom. The van der Waals surface area contributed by atoms with Crippen molar-refractivity contribution in [2.24, 2.45) is 4.99 Å². The average molecular weight is 289 g/mol. The third kappa shape index (κ3) is 3.72. The molecule has 0 saturated heterocycles. The van der Waals surface area contributed by atoms with Gasteiger partial charge < -0.3 is 4.74 Å². The summed E-state index contributed by atoms with van der Waals surface area (Å²) in [5, 5.41) is 0. The minimum atomic E-state index is -0.536. The number of hydrogen-bond acceptors (Lipinski definition) is 3. The minimum Gasteiger partial charge on any atom is -0.468 e. The molecule has 0 amide bonds. The predicted octanol–water partition coefficient (Wildman–Crippen LogP) is 2.98. The molecule has 0 radical (unpaired) electrons. The maximum atomic E-state index is 13.9. The first kappa shape index (κ1) is 14.8. The molecule has 3 nitrogen and oxygen atoms in total. The van der Waals surface area contributed by atoms with E-state index in [-0.39, 0.29) is 17.8 Å². The zero-order valence-electron chi connectivity index (χ0n) is 11.3. The number of carbonyl (C=O) groups is 1. The number of carbonyl (C=O) groups excluding carboxylic acids is 1. The van der Waals surface area contributed by atoms with Gasteiger partial charge in [-0.3, -0.25) is 9.79 Å². The number of rotatable bonds is 4. The van der Waals surface area contributed by atoms with Crippen molar-refractivity contribution < 1.29 is 18.3 Å². The summed E-state index contributed by atoms with van der Waals surface area (Å²) in [6.45, 7) is -0.239. The summed E-state index contributed by atoms with van der Waals surface area (Å²) < 4.78 is 31.5. The van der Waals surface area contributed by atoms with Crippen molar-refractivity contribution in [3.63, 3.8) is 0 Å². The van der Waals surface area contributed by atoms with Gasteiger partial charge in [0.2, 0.25) is 0 Å². The molecule has 5 heteroatoms. The highest BCUT2D eigenvalue weighted by Gasteiger charge is 2.12. The Morgan fingerprint density at radius 3 is 2.38 bits per heavy atom. The van der Waals surface area contributed by atoms with Crippen LogP contribution in [0.25, 0.3) is 0 Å². The van der Waals surface area contributed by atoms with Crippen LogP contribution in [-0.2, 0) is 9.53 Å². The molecular formula is C16H13F2NO2. The number of aliphatic imine (C=N–C) groups is 1. The van der Waals surface area contributed by atoms with Crippen LogP contribution >= 0.6 is 0 Å². The largest absolute Gasteiger partial charge is 0.468 e. The molecule has 108 valence electrons. The molecule has 0 atom stereocenters. The summed E-state index contributed by atoms with van der Waals surface area (Å²) in [5.74, 6) is -1.41. The molecule has 0 saturated carbocycles. The standard InChI is InChI=1S/C16H13F2NO2/c1-21-15(20)10-19-16(11-6-8-12(17)9-7-11)13-4-2-3-5-14(13)18/h2-9H,10H2,1H3. The molecule has 0 unspecified atom stereocenters. The fourth-order valence-corrected chi connectivity index (χ4v) is 1.80. The zero-order chi connectivity index (χ0) is 15.2. The van der Waals surface area contributed by atoms with Gasteiger partial charge in [0.15, 0.2) is 0 Å². The first-order valence-corrected chi connectivity index (χ1v) is 6.24. The second-order valence-electron chi connectivity index (χ2n) is 4.23. The van der Waals surface area contributed by atoms with Gasteiger partial charge in [-0.1, -0.05) is 12.1 Å². The lowest BCUT2D eigenvalue weighted by molar-refractivity contribution is -0.138. The minimum absolute atomic E-state index is 0.239. The van der Waals surface area contributed by atoms with Crippen LogP contribution in [0, 0.1) is 11.6 Å². The van der Waals surface area contributed by atoms with E-state index in [9.17, 15) is 13.6 Å². The lowest BCUT2D eigenvalue weighted by atomic mass is 10.0. The summed E-state index contributed by atoms with van der Waals surface area (Å²) in [6.07, 6.45) is 0. The van der Waals surface area contributed by atoms with Crippen molar-refractivity contribution in [2.45, 2.75) is 0 Å². The lowest BCUT2D eigenvalue weighted by Crippen LogP contribution is -2.11. The van der Waals surface area contributed by atoms with E-state index in [1.807, 2.05) is 0 Å². The second-order valence-corrected chi connectivity index (χ2v) is 4.23. The molecule has 0 spiro atoms. The molecule has 2 aromatic rings. The quantitative estimate of drug-likeness (QED) is 0.641. The van der Waals surface area contributed by atoms with Crippen molar-refractivity contribution in [3.8, 4) is 0 Å². The van der Waals surface area contributed by atoms with Crippen molar-refractivity contribution in [3.05, 3.63) is 71.3 Å². The summed E-state index contributed by atoms with van der Waals surface area (Å²) >= 11 is 0. The third-order valence-corrected chi connectivity index (χ3v) is 2.84. The molecule has 0 N–H and O–H groups in total. The molecule has 2 aromatic carbocycles. The number of nitrogens with zero attached hydrogens (tertiary/aromatic N) is 1. The monoisotopic (exact) mass is 289 g/mol. The van der Waals surface area contributed by atoms with E-state index in [0.717, 1.165) is 0 Å². The molecule has 2 rings (SSSR count). The van der Waals surface area contributed by atoms with Crippen molar-refractivity contribution >= 4 is 11.7 Å². The van der Waals surface area contributed by atoms with E-state index < -0.39 is 17.6 Å². The summed E-state index contributed by atoms with van der Waals surface area (Å²) in [7, 11) is 1.25. The van der Waals surface area contributed by atoms with Gasteiger partial charge in [0.25, 0.3) is 0 Å². The molecule has 0 aliphatic heterocycles. The first-order chi connectivity index (χ1) is 10.1. The van der Waals surface area contributed by atoms with Crippen LogP contribution in [0.4, 0.5) is 8.78 Å². The lowest BCUT2D eigenvalue weighted by Gasteiger charge is -2.08. The van der Waals surface area contributed by atoms with Gasteiger partial charge in [0, 0.05) is 11.1 Å². The number of methoxy groups -OCH3 is 1. The molecule has 0 fully saturated rings. The fourth-order valence-electron chi connectivity index (χ4n) is 1.80. The average Bonchev–Trinajstić information content (AvgIpc) is 2.50. The number of hydrogen-bond donors (Lipinski definition) is 0. The topological polar surface area (TPSA) is 38.7 Å². The van der Waals surface area contributed by atoms with Gasteiger partial charge in [0.05, 0.1) is 12.8 Å². The Kier molecular flexibility index (Phi) is 4.77. The van der Waals surface area contributed by atoms with Gasteiger partial charge in [-0.2, -0.15) is 0 Å². The van der Waals surface area contributed by atoms with Crippen LogP contribution < -0.4 is 0 Å². The van der Waals surface area contributed by atoms with Crippen molar-refractivity contribution in [2.75, 3.05) is 13.7 Å². The number of esters is 1. The molecule has 0 aromatic heterocycles. The molecule has 0 bridgehead atoms. The van der Waals surface area contributed by atoms with Crippen molar-refractivity contribution in [1.82, 2.24) is 0 Å². The predicted molar refractivity (Wildman–Crippen MR) is 75.3 cm³/mol.